The Morgan fingerprint density at radius 1 is 1.41 bits per heavy atom. The van der Waals surface area contributed by atoms with Crippen LogP contribution in [0.4, 0.5) is 11.5 Å². The fraction of sp³-hybridized carbons (Fsp3) is 0.381. The number of amides is 2. The highest BCUT2D eigenvalue weighted by molar-refractivity contribution is 6.39. The third-order valence-electron chi connectivity index (χ3n) is 4.61. The predicted octanol–water partition coefficient (Wildman–Crippen LogP) is 3.37. The molecule has 1 aromatic heterocycles. The maximum absolute atomic E-state index is 12.8. The molecular formula is C21H28N4O2. The van der Waals surface area contributed by atoms with Gasteiger partial charge in [0.2, 0.25) is 0 Å². The van der Waals surface area contributed by atoms with E-state index in [1.165, 1.54) is 6.20 Å². The third kappa shape index (κ3) is 5.29. The van der Waals surface area contributed by atoms with Crippen LogP contribution in [0.25, 0.3) is 0 Å². The largest absolute Gasteiger partial charge is 0.383 e. The van der Waals surface area contributed by atoms with E-state index in [0.717, 1.165) is 36.0 Å². The molecule has 0 unspecified atom stereocenters. The zero-order valence-electron chi connectivity index (χ0n) is 16.3. The van der Waals surface area contributed by atoms with Gasteiger partial charge < -0.3 is 16.0 Å². The SMILES string of the molecule is C=C(/C=C(C)\C=C/C)[C@@H]1CCCCN1C(=O)C(=O)Nc1cnc(N)c(C)c1. The molecule has 2 rings (SSSR count). The summed E-state index contributed by atoms with van der Waals surface area (Å²) in [5.74, 6) is -0.822. The number of hydrogen-bond acceptors (Lipinski definition) is 4. The highest BCUT2D eigenvalue weighted by Crippen LogP contribution is 2.24. The number of carbonyl (C=O) groups is 2. The molecule has 144 valence electrons. The number of anilines is 2. The van der Waals surface area contributed by atoms with Crippen LogP contribution in [0.2, 0.25) is 0 Å². The number of nitrogens with zero attached hydrogens (tertiary/aromatic N) is 2. The fourth-order valence-electron chi connectivity index (χ4n) is 3.23. The topological polar surface area (TPSA) is 88.3 Å². The van der Waals surface area contributed by atoms with Gasteiger partial charge in [0.25, 0.3) is 0 Å². The van der Waals surface area contributed by atoms with Crippen LogP contribution in [-0.4, -0.2) is 34.3 Å². The van der Waals surface area contributed by atoms with Crippen molar-refractivity contribution in [3.8, 4) is 0 Å². The molecule has 1 aromatic rings. The summed E-state index contributed by atoms with van der Waals surface area (Å²) in [7, 11) is 0. The number of hydrogen-bond donors (Lipinski definition) is 2. The van der Waals surface area contributed by atoms with E-state index in [1.807, 2.05) is 32.1 Å². The normalized spacial score (nSPS) is 17.8. The van der Waals surface area contributed by atoms with Crippen LogP contribution in [0, 0.1) is 6.92 Å². The van der Waals surface area contributed by atoms with Crippen molar-refractivity contribution in [1.29, 1.82) is 0 Å². The van der Waals surface area contributed by atoms with Gasteiger partial charge in [-0.3, -0.25) is 9.59 Å². The number of aromatic nitrogens is 1. The smallest absolute Gasteiger partial charge is 0.313 e. The molecule has 0 aliphatic carbocycles. The Hall–Kier alpha value is -2.89. The molecule has 0 spiro atoms. The van der Waals surface area contributed by atoms with E-state index in [-0.39, 0.29) is 6.04 Å². The van der Waals surface area contributed by atoms with E-state index >= 15 is 0 Å². The number of aryl methyl sites for hydroxylation is 1. The van der Waals surface area contributed by atoms with E-state index in [9.17, 15) is 9.59 Å². The van der Waals surface area contributed by atoms with Crippen molar-refractivity contribution < 1.29 is 9.59 Å². The summed E-state index contributed by atoms with van der Waals surface area (Å²) in [6.45, 7) is 10.4. The Morgan fingerprint density at radius 2 is 2.15 bits per heavy atom. The molecular weight excluding hydrogens is 340 g/mol. The number of nitrogen functional groups attached to an aromatic ring is 1. The summed E-state index contributed by atoms with van der Waals surface area (Å²) in [6.07, 6.45) is 10.1. The summed E-state index contributed by atoms with van der Waals surface area (Å²) < 4.78 is 0. The summed E-state index contributed by atoms with van der Waals surface area (Å²) in [4.78, 5) is 30.9. The van der Waals surface area contributed by atoms with Gasteiger partial charge in [-0.15, -0.1) is 0 Å². The van der Waals surface area contributed by atoms with Crippen molar-refractivity contribution in [2.24, 2.45) is 0 Å². The molecule has 6 heteroatoms. The average molecular weight is 368 g/mol. The quantitative estimate of drug-likeness (QED) is 0.630. The van der Waals surface area contributed by atoms with Gasteiger partial charge in [-0.2, -0.15) is 0 Å². The van der Waals surface area contributed by atoms with Crippen LogP contribution < -0.4 is 11.1 Å². The van der Waals surface area contributed by atoms with Gasteiger partial charge in [0.1, 0.15) is 5.82 Å². The maximum atomic E-state index is 12.8. The average Bonchev–Trinajstić information content (AvgIpc) is 2.64. The molecule has 2 heterocycles. The maximum Gasteiger partial charge on any atom is 0.313 e. The van der Waals surface area contributed by atoms with Gasteiger partial charge in [0.15, 0.2) is 0 Å². The monoisotopic (exact) mass is 368 g/mol. The molecule has 1 aliphatic heterocycles. The minimum Gasteiger partial charge on any atom is -0.383 e. The van der Waals surface area contributed by atoms with Crippen molar-refractivity contribution in [2.75, 3.05) is 17.6 Å². The van der Waals surface area contributed by atoms with E-state index in [0.29, 0.717) is 18.1 Å². The first-order chi connectivity index (χ1) is 12.8. The standard InChI is InChI=1S/C21H28N4O2/c1-5-8-14(2)11-15(3)18-9-6-7-10-25(18)21(27)20(26)24-17-12-16(4)19(22)23-13-17/h5,8,11-13,18H,3,6-7,9-10H2,1-2,4H3,(H2,22,23)(H,24,26)/b8-5-,14-11-/t18-/m0/s1. The lowest BCUT2D eigenvalue weighted by molar-refractivity contribution is -0.145. The number of likely N-dealkylation sites (tertiary alicyclic amines) is 1. The minimum atomic E-state index is -0.671. The molecule has 0 saturated carbocycles. The van der Waals surface area contributed by atoms with Gasteiger partial charge in [-0.05, 0) is 57.2 Å². The highest BCUT2D eigenvalue weighted by Gasteiger charge is 2.31. The number of piperidine rings is 1. The van der Waals surface area contributed by atoms with Crippen LogP contribution in [0.5, 0.6) is 0 Å². The van der Waals surface area contributed by atoms with Gasteiger partial charge in [0, 0.05) is 6.54 Å². The van der Waals surface area contributed by atoms with Gasteiger partial charge in [-0.25, -0.2) is 4.98 Å². The summed E-state index contributed by atoms with van der Waals surface area (Å²) >= 11 is 0. The first kappa shape index (κ1) is 20.4. The second-order valence-corrected chi connectivity index (χ2v) is 6.85. The van der Waals surface area contributed by atoms with Crippen LogP contribution in [-0.2, 0) is 9.59 Å². The van der Waals surface area contributed by atoms with Gasteiger partial charge in [0.05, 0.1) is 17.9 Å². The molecule has 1 atom stereocenters. The number of allylic oxidation sites excluding steroid dienone is 3. The van der Waals surface area contributed by atoms with Crippen molar-refractivity contribution in [3.63, 3.8) is 0 Å². The summed E-state index contributed by atoms with van der Waals surface area (Å²) in [5, 5.41) is 2.62. The van der Waals surface area contributed by atoms with Gasteiger partial charge >= 0.3 is 11.8 Å². The lowest BCUT2D eigenvalue weighted by Crippen LogP contribution is -2.48. The van der Waals surface area contributed by atoms with Crippen molar-refractivity contribution in [2.45, 2.75) is 46.1 Å². The van der Waals surface area contributed by atoms with Crippen molar-refractivity contribution in [1.82, 2.24) is 9.88 Å². The van der Waals surface area contributed by atoms with Crippen molar-refractivity contribution >= 4 is 23.3 Å². The van der Waals surface area contributed by atoms with Crippen LogP contribution in [0.3, 0.4) is 0 Å². The molecule has 27 heavy (non-hydrogen) atoms. The van der Waals surface area contributed by atoms with E-state index in [4.69, 9.17) is 5.73 Å². The predicted molar refractivity (Wildman–Crippen MR) is 109 cm³/mol. The molecule has 6 nitrogen and oxygen atoms in total. The minimum absolute atomic E-state index is 0.163. The molecule has 1 saturated heterocycles. The number of nitrogens with two attached hydrogens (primary N) is 1. The Kier molecular flexibility index (Phi) is 6.93. The molecule has 3 N–H and O–H groups in total. The molecule has 0 bridgehead atoms. The lowest BCUT2D eigenvalue weighted by atomic mass is 9.94. The number of rotatable bonds is 4. The molecule has 0 radical (unpaired) electrons. The van der Waals surface area contributed by atoms with Crippen molar-refractivity contribution in [3.05, 3.63) is 53.8 Å². The van der Waals surface area contributed by atoms with E-state index in [1.54, 1.807) is 17.9 Å². The molecule has 1 aliphatic rings. The lowest BCUT2D eigenvalue weighted by Gasteiger charge is -2.36. The Bertz CT molecular complexity index is 795. The Balaban J connectivity index is 2.13. The van der Waals surface area contributed by atoms with Crippen LogP contribution in [0.1, 0.15) is 38.7 Å². The fourth-order valence-corrected chi connectivity index (χ4v) is 3.23. The second-order valence-electron chi connectivity index (χ2n) is 6.85. The molecule has 0 aromatic carbocycles. The summed E-state index contributed by atoms with van der Waals surface area (Å²) in [5.41, 5.74) is 8.80. The molecule has 2 amide bonds. The Morgan fingerprint density at radius 3 is 2.81 bits per heavy atom. The summed E-state index contributed by atoms with van der Waals surface area (Å²) in [6, 6.07) is 1.53. The first-order valence-electron chi connectivity index (χ1n) is 9.17. The first-order valence-corrected chi connectivity index (χ1v) is 9.17. The van der Waals surface area contributed by atoms with Crippen LogP contribution in [0.15, 0.2) is 48.2 Å². The molecule has 1 fully saturated rings. The second kappa shape index (κ2) is 9.16. The van der Waals surface area contributed by atoms with E-state index < -0.39 is 11.8 Å². The van der Waals surface area contributed by atoms with Gasteiger partial charge in [-0.1, -0.05) is 30.4 Å². The number of pyridine rings is 1. The number of carbonyl (C=O) groups excluding carboxylic acids is 2. The van der Waals surface area contributed by atoms with Crippen LogP contribution >= 0.6 is 0 Å². The highest BCUT2D eigenvalue weighted by atomic mass is 16.2. The number of nitrogens with one attached hydrogen (secondary N) is 1. The third-order valence-corrected chi connectivity index (χ3v) is 4.61. The van der Waals surface area contributed by atoms with E-state index in [2.05, 4.69) is 16.9 Å². The zero-order chi connectivity index (χ0) is 20.0. The Labute approximate surface area is 160 Å². The zero-order valence-corrected chi connectivity index (χ0v) is 16.3.